The molecule has 1 aromatic rings. The van der Waals surface area contributed by atoms with E-state index in [-0.39, 0.29) is 5.75 Å². The molecule has 0 heterocycles. The first-order chi connectivity index (χ1) is 8.65. The van der Waals surface area contributed by atoms with E-state index in [9.17, 15) is 5.11 Å². The lowest BCUT2D eigenvalue weighted by atomic mass is 10.2. The Labute approximate surface area is 109 Å². The van der Waals surface area contributed by atoms with Gasteiger partial charge in [-0.2, -0.15) is 0 Å². The SMILES string of the molecule is CCOc1cccc(C=NCCCN(C)C)c1O. The highest BCUT2D eigenvalue weighted by atomic mass is 16.5. The molecule has 0 atom stereocenters. The van der Waals surface area contributed by atoms with Gasteiger partial charge in [-0.1, -0.05) is 6.07 Å². The van der Waals surface area contributed by atoms with Crippen molar-refractivity contribution in [2.45, 2.75) is 13.3 Å². The van der Waals surface area contributed by atoms with Crippen molar-refractivity contribution in [2.24, 2.45) is 4.99 Å². The van der Waals surface area contributed by atoms with E-state index in [4.69, 9.17) is 4.74 Å². The summed E-state index contributed by atoms with van der Waals surface area (Å²) >= 11 is 0. The molecule has 0 saturated carbocycles. The summed E-state index contributed by atoms with van der Waals surface area (Å²) in [6.45, 7) is 4.21. The smallest absolute Gasteiger partial charge is 0.166 e. The number of hydrogen-bond acceptors (Lipinski definition) is 4. The fraction of sp³-hybridized carbons (Fsp3) is 0.500. The minimum atomic E-state index is 0.163. The molecular formula is C14H22N2O2. The van der Waals surface area contributed by atoms with Crippen molar-refractivity contribution in [3.63, 3.8) is 0 Å². The van der Waals surface area contributed by atoms with Crippen molar-refractivity contribution >= 4 is 6.21 Å². The third-order valence-corrected chi connectivity index (χ3v) is 2.45. The van der Waals surface area contributed by atoms with E-state index in [1.54, 1.807) is 12.3 Å². The molecule has 0 aliphatic rings. The highest BCUT2D eigenvalue weighted by molar-refractivity contribution is 5.84. The molecule has 4 nitrogen and oxygen atoms in total. The van der Waals surface area contributed by atoms with E-state index in [0.717, 1.165) is 19.5 Å². The van der Waals surface area contributed by atoms with Gasteiger partial charge in [0, 0.05) is 18.3 Å². The van der Waals surface area contributed by atoms with Gasteiger partial charge in [0.15, 0.2) is 11.5 Å². The first-order valence-electron chi connectivity index (χ1n) is 6.24. The molecule has 1 rings (SSSR count). The van der Waals surface area contributed by atoms with Gasteiger partial charge in [0.1, 0.15) is 0 Å². The average Bonchev–Trinajstić information content (AvgIpc) is 2.33. The highest BCUT2D eigenvalue weighted by Crippen LogP contribution is 2.28. The molecular weight excluding hydrogens is 228 g/mol. The van der Waals surface area contributed by atoms with Crippen LogP contribution in [0.3, 0.4) is 0 Å². The summed E-state index contributed by atoms with van der Waals surface area (Å²) in [5, 5.41) is 9.94. The molecule has 1 aromatic carbocycles. The Morgan fingerprint density at radius 2 is 2.17 bits per heavy atom. The normalized spacial score (nSPS) is 11.3. The quantitative estimate of drug-likeness (QED) is 0.596. The summed E-state index contributed by atoms with van der Waals surface area (Å²) in [6, 6.07) is 5.43. The monoisotopic (exact) mass is 250 g/mol. The number of phenols is 1. The molecule has 0 saturated heterocycles. The Kier molecular flexibility index (Phi) is 6.22. The summed E-state index contributed by atoms with van der Waals surface area (Å²) in [5.74, 6) is 0.672. The molecule has 0 amide bonds. The van der Waals surface area contributed by atoms with Crippen LogP contribution in [-0.2, 0) is 0 Å². The van der Waals surface area contributed by atoms with Crippen LogP contribution in [0.15, 0.2) is 23.2 Å². The molecule has 1 N–H and O–H groups in total. The van der Waals surface area contributed by atoms with E-state index >= 15 is 0 Å². The van der Waals surface area contributed by atoms with Crippen LogP contribution >= 0.6 is 0 Å². The maximum Gasteiger partial charge on any atom is 0.166 e. The second-order valence-corrected chi connectivity index (χ2v) is 4.32. The Morgan fingerprint density at radius 3 is 2.83 bits per heavy atom. The van der Waals surface area contributed by atoms with Gasteiger partial charge in [-0.15, -0.1) is 0 Å². The number of nitrogens with zero attached hydrogens (tertiary/aromatic N) is 2. The highest BCUT2D eigenvalue weighted by Gasteiger charge is 2.05. The third-order valence-electron chi connectivity index (χ3n) is 2.45. The van der Waals surface area contributed by atoms with Crippen LogP contribution in [0.25, 0.3) is 0 Å². The lowest BCUT2D eigenvalue weighted by molar-refractivity contribution is 0.318. The molecule has 0 aliphatic heterocycles. The predicted molar refractivity (Wildman–Crippen MR) is 74.9 cm³/mol. The van der Waals surface area contributed by atoms with Crippen LogP contribution in [0.4, 0.5) is 0 Å². The van der Waals surface area contributed by atoms with Crippen LogP contribution in [0, 0.1) is 0 Å². The van der Waals surface area contributed by atoms with Crippen molar-refractivity contribution < 1.29 is 9.84 Å². The molecule has 4 heteroatoms. The van der Waals surface area contributed by atoms with E-state index in [1.165, 1.54) is 0 Å². The number of hydrogen-bond donors (Lipinski definition) is 1. The Hall–Kier alpha value is -1.55. The number of aromatic hydroxyl groups is 1. The zero-order valence-corrected chi connectivity index (χ0v) is 11.4. The lowest BCUT2D eigenvalue weighted by Gasteiger charge is -2.08. The number of aliphatic imine (C=N–C) groups is 1. The molecule has 0 bridgehead atoms. The van der Waals surface area contributed by atoms with Crippen molar-refractivity contribution in [3.8, 4) is 11.5 Å². The minimum Gasteiger partial charge on any atom is -0.504 e. The van der Waals surface area contributed by atoms with Gasteiger partial charge in [-0.25, -0.2) is 0 Å². The van der Waals surface area contributed by atoms with Crippen LogP contribution in [0.1, 0.15) is 18.9 Å². The summed E-state index contributed by atoms with van der Waals surface area (Å²) in [7, 11) is 4.09. The van der Waals surface area contributed by atoms with Crippen LogP contribution in [0.2, 0.25) is 0 Å². The van der Waals surface area contributed by atoms with Crippen molar-refractivity contribution in [3.05, 3.63) is 23.8 Å². The van der Waals surface area contributed by atoms with Crippen LogP contribution in [-0.4, -0.2) is 50.0 Å². The summed E-state index contributed by atoms with van der Waals surface area (Å²) in [6.07, 6.45) is 2.71. The predicted octanol–water partition coefficient (Wildman–Crippen LogP) is 2.16. The molecule has 0 unspecified atom stereocenters. The van der Waals surface area contributed by atoms with Gasteiger partial charge in [0.25, 0.3) is 0 Å². The summed E-state index contributed by atoms with van der Waals surface area (Å²) in [4.78, 5) is 6.44. The van der Waals surface area contributed by atoms with Gasteiger partial charge in [0.05, 0.1) is 6.61 Å². The zero-order valence-electron chi connectivity index (χ0n) is 11.4. The van der Waals surface area contributed by atoms with E-state index in [0.29, 0.717) is 17.9 Å². The fourth-order valence-corrected chi connectivity index (χ4v) is 1.56. The number of phenolic OH excluding ortho intramolecular Hbond substituents is 1. The van der Waals surface area contributed by atoms with E-state index in [2.05, 4.69) is 9.89 Å². The second kappa shape index (κ2) is 7.71. The van der Waals surface area contributed by atoms with Gasteiger partial charge < -0.3 is 14.7 Å². The Morgan fingerprint density at radius 1 is 1.39 bits per heavy atom. The number of ether oxygens (including phenoxy) is 1. The Bertz CT molecular complexity index is 389. The van der Waals surface area contributed by atoms with Crippen molar-refractivity contribution in [1.29, 1.82) is 0 Å². The maximum atomic E-state index is 9.94. The molecule has 0 aliphatic carbocycles. The lowest BCUT2D eigenvalue weighted by Crippen LogP contribution is -2.13. The van der Waals surface area contributed by atoms with Crippen LogP contribution in [0.5, 0.6) is 11.5 Å². The topological polar surface area (TPSA) is 45.1 Å². The third kappa shape index (κ3) is 4.75. The molecule has 0 aromatic heterocycles. The van der Waals surface area contributed by atoms with Crippen molar-refractivity contribution in [2.75, 3.05) is 33.8 Å². The van der Waals surface area contributed by atoms with Gasteiger partial charge >= 0.3 is 0 Å². The van der Waals surface area contributed by atoms with Crippen LogP contribution < -0.4 is 4.74 Å². The summed E-state index contributed by atoms with van der Waals surface area (Å²) < 4.78 is 5.32. The van der Waals surface area contributed by atoms with Gasteiger partial charge in [-0.3, -0.25) is 4.99 Å². The first-order valence-corrected chi connectivity index (χ1v) is 6.24. The summed E-state index contributed by atoms with van der Waals surface area (Å²) in [5.41, 5.74) is 0.700. The first kappa shape index (κ1) is 14.5. The largest absolute Gasteiger partial charge is 0.504 e. The number of para-hydroxylation sites is 1. The van der Waals surface area contributed by atoms with Gasteiger partial charge in [0.2, 0.25) is 0 Å². The standard InChI is InChI=1S/C14H22N2O2/c1-4-18-13-8-5-7-12(14(13)17)11-15-9-6-10-16(2)3/h5,7-8,11,17H,4,6,9-10H2,1-3H3. The van der Waals surface area contributed by atoms with Gasteiger partial charge in [-0.05, 0) is 46.1 Å². The molecule has 0 spiro atoms. The number of rotatable bonds is 7. The van der Waals surface area contributed by atoms with Crippen molar-refractivity contribution in [1.82, 2.24) is 4.90 Å². The second-order valence-electron chi connectivity index (χ2n) is 4.32. The van der Waals surface area contributed by atoms with E-state index < -0.39 is 0 Å². The van der Waals surface area contributed by atoms with E-state index in [1.807, 2.05) is 33.2 Å². The average molecular weight is 250 g/mol. The maximum absolute atomic E-state index is 9.94. The minimum absolute atomic E-state index is 0.163. The molecule has 18 heavy (non-hydrogen) atoms. The fourth-order valence-electron chi connectivity index (χ4n) is 1.56. The number of benzene rings is 1. The zero-order chi connectivity index (χ0) is 13.4. The molecule has 100 valence electrons. The Balaban J connectivity index is 2.56. The molecule has 0 fully saturated rings. The molecule has 0 radical (unpaired) electrons.